The fourth-order valence-electron chi connectivity index (χ4n) is 2.84. The lowest BCUT2D eigenvalue weighted by Gasteiger charge is -2.48. The highest BCUT2D eigenvalue weighted by molar-refractivity contribution is 7.09. The van der Waals surface area contributed by atoms with Gasteiger partial charge in [-0.05, 0) is 26.7 Å². The van der Waals surface area contributed by atoms with E-state index >= 15 is 0 Å². The Bertz CT molecular complexity index is 361. The number of thiazole rings is 1. The third-order valence-electron chi connectivity index (χ3n) is 4.14. The summed E-state index contributed by atoms with van der Waals surface area (Å²) in [6, 6.07) is 1.23. The van der Waals surface area contributed by atoms with E-state index in [1.807, 2.05) is 6.20 Å². The van der Waals surface area contributed by atoms with Gasteiger partial charge < -0.3 is 5.32 Å². The Morgan fingerprint density at radius 3 is 2.78 bits per heavy atom. The molecule has 2 atom stereocenters. The number of nitrogens with one attached hydrogen (secondary N) is 1. The zero-order chi connectivity index (χ0) is 13.2. The molecule has 1 N–H and O–H groups in total. The summed E-state index contributed by atoms with van der Waals surface area (Å²) in [6.45, 7) is 11.4. The van der Waals surface area contributed by atoms with Crippen LogP contribution in [0.2, 0.25) is 0 Å². The maximum absolute atomic E-state index is 4.54. The highest BCUT2D eigenvalue weighted by Crippen LogP contribution is 2.33. The second-order valence-electron chi connectivity index (χ2n) is 5.62. The molecule has 1 saturated heterocycles. The molecule has 2 unspecified atom stereocenters. The molecule has 2 heterocycles. The third kappa shape index (κ3) is 2.60. The number of hydrogen-bond donors (Lipinski definition) is 1. The van der Waals surface area contributed by atoms with E-state index < -0.39 is 0 Å². The van der Waals surface area contributed by atoms with E-state index in [1.54, 1.807) is 11.3 Å². The third-order valence-corrected chi connectivity index (χ3v) is 5.22. The van der Waals surface area contributed by atoms with Crippen molar-refractivity contribution in [3.05, 3.63) is 16.6 Å². The average molecular weight is 267 g/mol. The molecular weight excluding hydrogens is 242 g/mol. The molecule has 0 saturated carbocycles. The first-order chi connectivity index (χ1) is 8.59. The fourth-order valence-corrected chi connectivity index (χ4v) is 3.61. The molecule has 0 aliphatic carbocycles. The summed E-state index contributed by atoms with van der Waals surface area (Å²) in [5, 5.41) is 6.97. The molecule has 0 amide bonds. The van der Waals surface area contributed by atoms with Gasteiger partial charge >= 0.3 is 0 Å². The SMILES string of the molecule is CCC1CN(C(C)(C)c2nccs2)C(CC)CN1. The van der Waals surface area contributed by atoms with Gasteiger partial charge in [0.2, 0.25) is 0 Å². The Labute approximate surface area is 115 Å². The van der Waals surface area contributed by atoms with Crippen LogP contribution >= 0.6 is 11.3 Å². The van der Waals surface area contributed by atoms with E-state index in [0.29, 0.717) is 12.1 Å². The van der Waals surface area contributed by atoms with Crippen LogP contribution in [0.5, 0.6) is 0 Å². The second kappa shape index (κ2) is 5.68. The number of hydrogen-bond acceptors (Lipinski definition) is 4. The summed E-state index contributed by atoms with van der Waals surface area (Å²) < 4.78 is 0. The van der Waals surface area contributed by atoms with Crippen LogP contribution in [0, 0.1) is 0 Å². The molecule has 18 heavy (non-hydrogen) atoms. The molecule has 0 spiro atoms. The van der Waals surface area contributed by atoms with E-state index in [4.69, 9.17) is 0 Å². The predicted octanol–water partition coefficient (Wildman–Crippen LogP) is 2.84. The minimum absolute atomic E-state index is 0.0460. The molecule has 1 aliphatic rings. The van der Waals surface area contributed by atoms with Gasteiger partial charge in [-0.3, -0.25) is 4.90 Å². The molecule has 3 nitrogen and oxygen atoms in total. The molecule has 0 aromatic carbocycles. The first-order valence-corrected chi connectivity index (χ1v) is 7.87. The van der Waals surface area contributed by atoms with Gasteiger partial charge in [0.15, 0.2) is 0 Å². The van der Waals surface area contributed by atoms with Crippen LogP contribution in [0.3, 0.4) is 0 Å². The lowest BCUT2D eigenvalue weighted by Crippen LogP contribution is -2.61. The number of rotatable bonds is 4. The van der Waals surface area contributed by atoms with E-state index in [2.05, 4.69) is 48.3 Å². The minimum atomic E-state index is 0.0460. The summed E-state index contributed by atoms with van der Waals surface area (Å²) >= 11 is 1.77. The Morgan fingerprint density at radius 2 is 2.22 bits per heavy atom. The maximum Gasteiger partial charge on any atom is 0.112 e. The largest absolute Gasteiger partial charge is 0.311 e. The first kappa shape index (κ1) is 14.0. The van der Waals surface area contributed by atoms with Crippen LogP contribution in [0.25, 0.3) is 0 Å². The van der Waals surface area contributed by atoms with Crippen LogP contribution < -0.4 is 5.32 Å². The van der Waals surface area contributed by atoms with Crippen molar-refractivity contribution in [1.82, 2.24) is 15.2 Å². The number of aromatic nitrogens is 1. The quantitative estimate of drug-likeness (QED) is 0.909. The van der Waals surface area contributed by atoms with Gasteiger partial charge in [-0.15, -0.1) is 11.3 Å². The van der Waals surface area contributed by atoms with Gasteiger partial charge in [-0.25, -0.2) is 4.98 Å². The van der Waals surface area contributed by atoms with Crippen molar-refractivity contribution in [2.45, 2.75) is 58.2 Å². The molecule has 1 aromatic rings. The van der Waals surface area contributed by atoms with Crippen molar-refractivity contribution >= 4 is 11.3 Å². The molecule has 1 fully saturated rings. The minimum Gasteiger partial charge on any atom is -0.311 e. The second-order valence-corrected chi connectivity index (χ2v) is 6.52. The summed E-state index contributed by atoms with van der Waals surface area (Å²) in [5.74, 6) is 0. The lowest BCUT2D eigenvalue weighted by molar-refractivity contribution is 0.0254. The van der Waals surface area contributed by atoms with Crippen LogP contribution in [0.1, 0.15) is 45.5 Å². The highest BCUT2D eigenvalue weighted by atomic mass is 32.1. The van der Waals surface area contributed by atoms with Crippen LogP contribution in [0.4, 0.5) is 0 Å². The van der Waals surface area contributed by atoms with Gasteiger partial charge in [0.1, 0.15) is 5.01 Å². The van der Waals surface area contributed by atoms with Gasteiger partial charge in [-0.2, -0.15) is 0 Å². The molecule has 102 valence electrons. The molecule has 4 heteroatoms. The Kier molecular flexibility index (Phi) is 4.41. The Balaban J connectivity index is 2.21. The van der Waals surface area contributed by atoms with Crippen molar-refractivity contribution in [2.24, 2.45) is 0 Å². The highest BCUT2D eigenvalue weighted by Gasteiger charge is 2.38. The van der Waals surface area contributed by atoms with E-state index in [-0.39, 0.29) is 5.54 Å². The molecule has 1 aromatic heterocycles. The normalized spacial score (nSPS) is 26.4. The van der Waals surface area contributed by atoms with Gasteiger partial charge in [0.05, 0.1) is 5.54 Å². The Hall–Kier alpha value is -0.450. The topological polar surface area (TPSA) is 28.2 Å². The van der Waals surface area contributed by atoms with Crippen molar-refractivity contribution in [1.29, 1.82) is 0 Å². The van der Waals surface area contributed by atoms with E-state index in [0.717, 1.165) is 13.1 Å². The maximum atomic E-state index is 4.54. The van der Waals surface area contributed by atoms with Gasteiger partial charge in [0.25, 0.3) is 0 Å². The summed E-state index contributed by atoms with van der Waals surface area (Å²) in [4.78, 5) is 7.19. The predicted molar refractivity (Wildman–Crippen MR) is 78.0 cm³/mol. The summed E-state index contributed by atoms with van der Waals surface area (Å²) in [6.07, 6.45) is 4.31. The van der Waals surface area contributed by atoms with Crippen LogP contribution in [-0.2, 0) is 5.54 Å². The summed E-state index contributed by atoms with van der Waals surface area (Å²) in [5.41, 5.74) is 0.0460. The molecule has 0 bridgehead atoms. The van der Waals surface area contributed by atoms with Crippen molar-refractivity contribution < 1.29 is 0 Å². The standard InChI is InChI=1S/C14H25N3S/c1-5-11-10-17(12(6-2)9-16-11)14(3,4)13-15-7-8-18-13/h7-8,11-12,16H,5-6,9-10H2,1-4H3. The van der Waals surface area contributed by atoms with Gasteiger partial charge in [0, 0.05) is 36.8 Å². The fraction of sp³-hybridized carbons (Fsp3) is 0.786. The van der Waals surface area contributed by atoms with Crippen molar-refractivity contribution in [3.8, 4) is 0 Å². The van der Waals surface area contributed by atoms with Gasteiger partial charge in [-0.1, -0.05) is 13.8 Å². The summed E-state index contributed by atoms with van der Waals surface area (Å²) in [7, 11) is 0. The smallest absolute Gasteiger partial charge is 0.112 e. The van der Waals surface area contributed by atoms with Crippen molar-refractivity contribution in [3.63, 3.8) is 0 Å². The zero-order valence-electron chi connectivity index (χ0n) is 11.9. The molecular formula is C14H25N3S. The molecule has 0 radical (unpaired) electrons. The van der Waals surface area contributed by atoms with E-state index in [9.17, 15) is 0 Å². The first-order valence-electron chi connectivity index (χ1n) is 6.99. The Morgan fingerprint density at radius 1 is 1.44 bits per heavy atom. The van der Waals surface area contributed by atoms with Crippen molar-refractivity contribution in [2.75, 3.05) is 13.1 Å². The lowest BCUT2D eigenvalue weighted by atomic mass is 9.95. The average Bonchev–Trinajstić information content (AvgIpc) is 2.92. The van der Waals surface area contributed by atoms with E-state index in [1.165, 1.54) is 17.8 Å². The number of piperazine rings is 1. The number of nitrogens with zero attached hydrogens (tertiary/aromatic N) is 2. The molecule has 1 aliphatic heterocycles. The zero-order valence-corrected chi connectivity index (χ0v) is 12.8. The van der Waals surface area contributed by atoms with Crippen LogP contribution in [0.15, 0.2) is 11.6 Å². The monoisotopic (exact) mass is 267 g/mol. The molecule has 2 rings (SSSR count). The van der Waals surface area contributed by atoms with Crippen LogP contribution in [-0.4, -0.2) is 35.1 Å².